The van der Waals surface area contributed by atoms with E-state index in [0.29, 0.717) is 40.3 Å². The van der Waals surface area contributed by atoms with E-state index >= 15 is 0 Å². The molecule has 31 heavy (non-hydrogen) atoms. The fraction of sp³-hybridized carbons (Fsp3) is 0.160. The molecule has 4 rings (SSSR count). The summed E-state index contributed by atoms with van der Waals surface area (Å²) in [5.41, 5.74) is 3.26. The molecule has 3 aromatic carbocycles. The van der Waals surface area contributed by atoms with Gasteiger partial charge in [-0.15, -0.1) is 0 Å². The van der Waals surface area contributed by atoms with Crippen LogP contribution < -0.4 is 9.47 Å². The Morgan fingerprint density at radius 3 is 2.52 bits per heavy atom. The van der Waals surface area contributed by atoms with Gasteiger partial charge in [0.2, 0.25) is 0 Å². The second kappa shape index (κ2) is 9.14. The van der Waals surface area contributed by atoms with E-state index in [4.69, 9.17) is 21.1 Å². The number of halogens is 1. The Morgan fingerprint density at radius 1 is 1.00 bits per heavy atom. The molecule has 5 nitrogen and oxygen atoms in total. The van der Waals surface area contributed by atoms with Gasteiger partial charge < -0.3 is 14.6 Å². The van der Waals surface area contributed by atoms with Crippen molar-refractivity contribution in [3.63, 3.8) is 0 Å². The maximum atomic E-state index is 10.6. The van der Waals surface area contributed by atoms with Crippen LogP contribution in [0.15, 0.2) is 72.9 Å². The third-order valence-electron chi connectivity index (χ3n) is 4.92. The molecule has 0 aliphatic rings. The standard InChI is InChI=1S/C25H23ClN2O3/c1-16(2)20-5-3-4-6-23(20)31-24-14-27-28-25(24)21-12-11-19(13-22(21)29)30-15-17-7-9-18(26)10-8-17/h3-14,16,29H,15H2,1-2H3,(H,27,28). The Bertz CT molecular complexity index is 1170. The lowest BCUT2D eigenvalue weighted by Crippen LogP contribution is -1.96. The Kier molecular flexibility index (Phi) is 6.14. The molecule has 2 N–H and O–H groups in total. The van der Waals surface area contributed by atoms with Crippen molar-refractivity contribution < 1.29 is 14.6 Å². The molecule has 6 heteroatoms. The number of phenols is 1. The van der Waals surface area contributed by atoms with Gasteiger partial charge >= 0.3 is 0 Å². The fourth-order valence-corrected chi connectivity index (χ4v) is 3.40. The van der Waals surface area contributed by atoms with Crippen LogP contribution >= 0.6 is 11.6 Å². The average Bonchev–Trinajstić information content (AvgIpc) is 3.21. The number of H-pyrrole nitrogens is 1. The summed E-state index contributed by atoms with van der Waals surface area (Å²) in [5, 5.41) is 18.3. The lowest BCUT2D eigenvalue weighted by Gasteiger charge is -2.14. The first-order valence-corrected chi connectivity index (χ1v) is 10.4. The van der Waals surface area contributed by atoms with Crippen molar-refractivity contribution in [2.45, 2.75) is 26.4 Å². The Labute approximate surface area is 186 Å². The van der Waals surface area contributed by atoms with E-state index < -0.39 is 0 Å². The SMILES string of the molecule is CC(C)c1ccccc1Oc1cn[nH]c1-c1ccc(OCc2ccc(Cl)cc2)cc1O. The smallest absolute Gasteiger partial charge is 0.173 e. The zero-order valence-electron chi connectivity index (χ0n) is 17.3. The molecule has 0 fully saturated rings. The maximum absolute atomic E-state index is 10.6. The van der Waals surface area contributed by atoms with Crippen molar-refractivity contribution in [2.24, 2.45) is 0 Å². The lowest BCUT2D eigenvalue weighted by molar-refractivity contribution is 0.304. The van der Waals surface area contributed by atoms with Gasteiger partial charge in [-0.25, -0.2) is 0 Å². The molecule has 0 amide bonds. The Morgan fingerprint density at radius 2 is 1.77 bits per heavy atom. The molecule has 1 heterocycles. The predicted octanol–water partition coefficient (Wildman–Crippen LogP) is 6.93. The van der Waals surface area contributed by atoms with Crippen LogP contribution in [-0.2, 0) is 6.61 Å². The molecule has 0 bridgehead atoms. The molecular weight excluding hydrogens is 412 g/mol. The predicted molar refractivity (Wildman–Crippen MR) is 122 cm³/mol. The van der Waals surface area contributed by atoms with Gasteiger partial charge in [-0.3, -0.25) is 5.10 Å². The van der Waals surface area contributed by atoms with Crippen LogP contribution in [-0.4, -0.2) is 15.3 Å². The van der Waals surface area contributed by atoms with E-state index in [2.05, 4.69) is 24.0 Å². The molecule has 0 saturated heterocycles. The highest BCUT2D eigenvalue weighted by Gasteiger charge is 2.16. The quantitative estimate of drug-likeness (QED) is 0.331. The number of ether oxygens (including phenoxy) is 2. The van der Waals surface area contributed by atoms with E-state index in [1.54, 1.807) is 24.4 Å². The summed E-state index contributed by atoms with van der Waals surface area (Å²) >= 11 is 5.91. The van der Waals surface area contributed by atoms with Crippen molar-refractivity contribution in [2.75, 3.05) is 0 Å². The summed E-state index contributed by atoms with van der Waals surface area (Å²) in [6, 6.07) is 20.5. The lowest BCUT2D eigenvalue weighted by atomic mass is 10.0. The first-order chi connectivity index (χ1) is 15.0. The van der Waals surface area contributed by atoms with Crippen LogP contribution in [0.4, 0.5) is 0 Å². The highest BCUT2D eigenvalue weighted by Crippen LogP contribution is 2.39. The first-order valence-electron chi connectivity index (χ1n) is 10.0. The summed E-state index contributed by atoms with van der Waals surface area (Å²) in [4.78, 5) is 0. The Hall–Kier alpha value is -3.44. The van der Waals surface area contributed by atoms with Crippen molar-refractivity contribution in [1.29, 1.82) is 0 Å². The molecule has 158 valence electrons. The minimum absolute atomic E-state index is 0.0693. The molecule has 0 spiro atoms. The van der Waals surface area contributed by atoms with Crippen molar-refractivity contribution >= 4 is 11.6 Å². The molecule has 4 aromatic rings. The molecule has 0 atom stereocenters. The van der Waals surface area contributed by atoms with Gasteiger partial charge in [0.05, 0.1) is 6.20 Å². The third kappa shape index (κ3) is 4.84. The minimum atomic E-state index is 0.0693. The average molecular weight is 435 g/mol. The van der Waals surface area contributed by atoms with Crippen molar-refractivity contribution in [3.8, 4) is 34.3 Å². The number of hydrogen-bond acceptors (Lipinski definition) is 4. The van der Waals surface area contributed by atoms with Gasteiger partial charge in [-0.1, -0.05) is 55.8 Å². The number of aromatic nitrogens is 2. The number of rotatable bonds is 7. The Balaban J connectivity index is 1.53. The normalized spacial score (nSPS) is 11.0. The zero-order valence-corrected chi connectivity index (χ0v) is 18.1. The maximum Gasteiger partial charge on any atom is 0.173 e. The minimum Gasteiger partial charge on any atom is -0.507 e. The molecule has 0 saturated carbocycles. The highest BCUT2D eigenvalue weighted by atomic mass is 35.5. The molecule has 0 unspecified atom stereocenters. The van der Waals surface area contributed by atoms with E-state index in [9.17, 15) is 5.11 Å². The topological polar surface area (TPSA) is 67.4 Å². The van der Waals surface area contributed by atoms with Crippen molar-refractivity contribution in [1.82, 2.24) is 10.2 Å². The van der Waals surface area contributed by atoms with Crippen LogP contribution in [0.3, 0.4) is 0 Å². The first kappa shape index (κ1) is 20.8. The van der Waals surface area contributed by atoms with E-state index in [1.807, 2.05) is 48.5 Å². The van der Waals surface area contributed by atoms with E-state index in [0.717, 1.165) is 16.9 Å². The van der Waals surface area contributed by atoms with E-state index in [1.165, 1.54) is 0 Å². The van der Waals surface area contributed by atoms with Gasteiger partial charge in [0.25, 0.3) is 0 Å². The second-order valence-electron chi connectivity index (χ2n) is 7.50. The largest absolute Gasteiger partial charge is 0.507 e. The highest BCUT2D eigenvalue weighted by molar-refractivity contribution is 6.30. The van der Waals surface area contributed by atoms with Crippen LogP contribution in [0.25, 0.3) is 11.3 Å². The van der Waals surface area contributed by atoms with Crippen LogP contribution in [0.1, 0.15) is 30.9 Å². The second-order valence-corrected chi connectivity index (χ2v) is 7.93. The number of hydrogen-bond donors (Lipinski definition) is 2. The number of benzene rings is 3. The zero-order chi connectivity index (χ0) is 21.8. The number of phenolic OH excluding ortho intramolecular Hbond substituents is 1. The monoisotopic (exact) mass is 434 g/mol. The van der Waals surface area contributed by atoms with Crippen LogP contribution in [0, 0.1) is 0 Å². The van der Waals surface area contributed by atoms with Crippen LogP contribution in [0.2, 0.25) is 5.02 Å². The third-order valence-corrected chi connectivity index (χ3v) is 5.17. The summed E-state index contributed by atoms with van der Waals surface area (Å²) < 4.78 is 11.9. The number of aromatic amines is 1. The summed E-state index contributed by atoms with van der Waals surface area (Å²) in [6.45, 7) is 4.61. The fourth-order valence-electron chi connectivity index (χ4n) is 3.27. The number of para-hydroxylation sites is 1. The van der Waals surface area contributed by atoms with Gasteiger partial charge in [-0.2, -0.15) is 5.10 Å². The van der Waals surface area contributed by atoms with Gasteiger partial charge in [0.1, 0.15) is 29.5 Å². The van der Waals surface area contributed by atoms with Gasteiger partial charge in [0, 0.05) is 16.7 Å². The number of nitrogens with zero attached hydrogens (tertiary/aromatic N) is 1. The molecule has 0 radical (unpaired) electrons. The molecular formula is C25H23ClN2O3. The molecule has 0 aliphatic heterocycles. The summed E-state index contributed by atoms with van der Waals surface area (Å²) in [6.07, 6.45) is 1.61. The van der Waals surface area contributed by atoms with Crippen molar-refractivity contribution in [3.05, 3.63) is 89.1 Å². The van der Waals surface area contributed by atoms with Gasteiger partial charge in [0.15, 0.2) is 5.75 Å². The van der Waals surface area contributed by atoms with E-state index in [-0.39, 0.29) is 5.75 Å². The summed E-state index contributed by atoms with van der Waals surface area (Å²) in [7, 11) is 0. The number of aromatic hydroxyl groups is 1. The van der Waals surface area contributed by atoms with Gasteiger partial charge in [-0.05, 0) is 47.4 Å². The molecule has 1 aromatic heterocycles. The van der Waals surface area contributed by atoms with Crippen LogP contribution in [0.5, 0.6) is 23.0 Å². The summed E-state index contributed by atoms with van der Waals surface area (Å²) in [5.74, 6) is 2.25. The number of nitrogens with one attached hydrogen (secondary N) is 1. The molecule has 0 aliphatic carbocycles.